The van der Waals surface area contributed by atoms with E-state index in [0.717, 1.165) is 43.5 Å². The number of imidazole rings is 1. The van der Waals surface area contributed by atoms with Crippen molar-refractivity contribution < 1.29 is 41.0 Å². The molecule has 0 bridgehead atoms. The molecule has 1 unspecified atom stereocenters. The number of anilines is 1. The van der Waals surface area contributed by atoms with Crippen molar-refractivity contribution >= 4 is 17.2 Å². The third-order valence-corrected chi connectivity index (χ3v) is 8.67. The number of halogens is 6. The summed E-state index contributed by atoms with van der Waals surface area (Å²) in [5.41, 5.74) is 0.271. The second kappa shape index (κ2) is 10.9. The highest BCUT2D eigenvalue weighted by molar-refractivity contribution is 5.88. The van der Waals surface area contributed by atoms with Gasteiger partial charge < -0.3 is 20.5 Å². The lowest BCUT2D eigenvalue weighted by molar-refractivity contribution is -0.248. The second-order valence-electron chi connectivity index (χ2n) is 11.3. The van der Waals surface area contributed by atoms with Gasteiger partial charge in [-0.15, -0.1) is 0 Å². The molecule has 0 radical (unpaired) electrons. The van der Waals surface area contributed by atoms with Gasteiger partial charge in [-0.1, -0.05) is 18.2 Å². The summed E-state index contributed by atoms with van der Waals surface area (Å²) in [5, 5.41) is 11.2. The van der Waals surface area contributed by atoms with Gasteiger partial charge in [0, 0.05) is 48.4 Å². The average Bonchev–Trinajstić information content (AvgIpc) is 3.57. The molecule has 238 valence electrons. The van der Waals surface area contributed by atoms with E-state index in [0.29, 0.717) is 30.4 Å². The van der Waals surface area contributed by atoms with E-state index in [4.69, 9.17) is 15.5 Å². The topological polar surface area (TPSA) is 106 Å². The molecule has 2 aliphatic heterocycles. The molecule has 0 aliphatic carbocycles. The summed E-state index contributed by atoms with van der Waals surface area (Å²) in [6.45, 7) is 2.08. The molecule has 0 saturated carbocycles. The smallest absolute Gasteiger partial charge is 0.425 e. The lowest BCUT2D eigenvalue weighted by atomic mass is 9.84. The summed E-state index contributed by atoms with van der Waals surface area (Å²) in [5.74, 6) is 0.517. The number of fused-ring (bicyclic) bond motifs is 2. The summed E-state index contributed by atoms with van der Waals surface area (Å²) in [6, 6.07) is 5.90. The number of hydrogen-bond acceptors (Lipinski definition) is 6. The van der Waals surface area contributed by atoms with Crippen LogP contribution in [0.15, 0.2) is 54.9 Å². The van der Waals surface area contributed by atoms with Crippen molar-refractivity contribution in [1.29, 1.82) is 0 Å². The molecular weight excluding hydrogens is 604 g/mol. The number of aliphatic hydroxyl groups is 1. The van der Waals surface area contributed by atoms with E-state index in [1.54, 1.807) is 17.5 Å². The monoisotopic (exact) mass is 633 g/mol. The predicted molar refractivity (Wildman–Crippen MR) is 151 cm³/mol. The molecule has 2 fully saturated rings. The normalized spacial score (nSPS) is 20.4. The van der Waals surface area contributed by atoms with Crippen LogP contribution in [-0.4, -0.2) is 55.7 Å². The minimum atomic E-state index is -5.41. The fraction of sp³-hybridized carbons (Fsp3) is 0.387. The quantitative estimate of drug-likeness (QED) is 0.250. The number of ether oxygens (including phenoxy) is 1. The first-order chi connectivity index (χ1) is 21.2. The average molecular weight is 634 g/mol. The lowest BCUT2D eigenvalue weighted by Gasteiger charge is -2.34. The zero-order chi connectivity index (χ0) is 32.3. The van der Waals surface area contributed by atoms with Crippen LogP contribution in [-0.2, 0) is 16.6 Å². The summed E-state index contributed by atoms with van der Waals surface area (Å²) in [7, 11) is 0. The van der Waals surface area contributed by atoms with E-state index in [1.165, 1.54) is 12.3 Å². The Labute approximate surface area is 253 Å². The molecule has 4 aromatic rings. The van der Waals surface area contributed by atoms with Crippen molar-refractivity contribution in [2.75, 3.05) is 18.9 Å². The first-order valence-electron chi connectivity index (χ1n) is 14.4. The number of benzene rings is 2. The van der Waals surface area contributed by atoms with Crippen molar-refractivity contribution in [2.24, 2.45) is 0 Å². The Morgan fingerprint density at radius 2 is 1.76 bits per heavy atom. The van der Waals surface area contributed by atoms with Crippen LogP contribution in [0.3, 0.4) is 0 Å². The number of rotatable bonds is 6. The number of hydrogen-bond donors (Lipinski definition) is 2. The fourth-order valence-corrected chi connectivity index (χ4v) is 6.47. The predicted octanol–water partition coefficient (Wildman–Crippen LogP) is 6.06. The van der Waals surface area contributed by atoms with Gasteiger partial charge >= 0.3 is 12.4 Å². The number of carbonyl (C=O) groups excluding carboxylic acids is 1. The van der Waals surface area contributed by atoms with Gasteiger partial charge in [-0.2, -0.15) is 26.3 Å². The maximum absolute atomic E-state index is 14.6. The summed E-state index contributed by atoms with van der Waals surface area (Å²) in [4.78, 5) is 23.4. The second-order valence-corrected chi connectivity index (χ2v) is 11.3. The molecule has 6 rings (SSSR count). The molecule has 1 amide bonds. The zero-order valence-electron chi connectivity index (χ0n) is 24.0. The third kappa shape index (κ3) is 5.14. The van der Waals surface area contributed by atoms with Crippen molar-refractivity contribution in [1.82, 2.24) is 19.3 Å². The van der Waals surface area contributed by atoms with Crippen LogP contribution < -0.4 is 10.5 Å². The van der Waals surface area contributed by atoms with E-state index in [1.807, 2.05) is 4.90 Å². The van der Waals surface area contributed by atoms with E-state index in [2.05, 4.69) is 4.98 Å². The van der Waals surface area contributed by atoms with Crippen molar-refractivity contribution in [3.63, 3.8) is 0 Å². The Kier molecular flexibility index (Phi) is 7.45. The number of amides is 1. The molecule has 2 aromatic carbocycles. The fourth-order valence-electron chi connectivity index (χ4n) is 6.47. The summed E-state index contributed by atoms with van der Waals surface area (Å²) >= 11 is 0. The first-order valence-corrected chi connectivity index (χ1v) is 14.4. The number of nitrogen functional groups attached to an aromatic ring is 1. The number of nitrogens with zero attached hydrogens (tertiary/aromatic N) is 4. The van der Waals surface area contributed by atoms with E-state index in [9.17, 15) is 36.2 Å². The third-order valence-electron chi connectivity index (χ3n) is 8.67. The number of nitrogens with two attached hydrogens (primary N) is 1. The molecule has 0 spiro atoms. The molecule has 2 aliphatic rings. The Morgan fingerprint density at radius 3 is 2.47 bits per heavy atom. The van der Waals surface area contributed by atoms with Gasteiger partial charge in [0.05, 0.1) is 12.2 Å². The van der Waals surface area contributed by atoms with Crippen molar-refractivity contribution in [3.8, 4) is 17.0 Å². The van der Waals surface area contributed by atoms with Gasteiger partial charge in [-0.3, -0.25) is 9.20 Å². The van der Waals surface area contributed by atoms with Crippen LogP contribution in [0.2, 0.25) is 0 Å². The van der Waals surface area contributed by atoms with Gasteiger partial charge in [0.15, 0.2) is 0 Å². The van der Waals surface area contributed by atoms with Crippen LogP contribution in [0.4, 0.5) is 32.2 Å². The van der Waals surface area contributed by atoms with Crippen molar-refractivity contribution in [3.05, 3.63) is 77.4 Å². The minimum absolute atomic E-state index is 0.0118. The van der Waals surface area contributed by atoms with E-state index in [-0.39, 0.29) is 53.4 Å². The highest BCUT2D eigenvalue weighted by Gasteiger charge is 2.57. The molecular formula is C31H29F6N5O3. The Balaban J connectivity index is 1.49. The standard InChI is InChI=1S/C31H29F6N5O3/c1-2-45-23-15-19(29(44,31(35,36)37)18-4-3-5-20(14-18)30(32,33)34)7-10-22(23)25-26-27(38)39-12-13-41(26)28(40-25)17-6-8-21-9-11-24(43)42(21)16-17/h3-5,7,10,12-15,17,21,44H,2,6,8-9,11,16H2,1H3,(H2,38,39)/t17-,21+,29?/m1/s1. The van der Waals surface area contributed by atoms with Gasteiger partial charge in [-0.05, 0) is 56.0 Å². The van der Waals surface area contributed by atoms with Crippen LogP contribution in [0.25, 0.3) is 16.8 Å². The maximum atomic E-state index is 14.6. The van der Waals surface area contributed by atoms with Crippen LogP contribution in [0.5, 0.6) is 5.75 Å². The highest BCUT2D eigenvalue weighted by atomic mass is 19.4. The molecule has 2 saturated heterocycles. The lowest BCUT2D eigenvalue weighted by Crippen LogP contribution is -2.43. The first kappa shape index (κ1) is 30.7. The molecule has 45 heavy (non-hydrogen) atoms. The molecule has 3 N–H and O–H groups in total. The summed E-state index contributed by atoms with van der Waals surface area (Å²) < 4.78 is 91.5. The Hall–Kier alpha value is -4.33. The minimum Gasteiger partial charge on any atom is -0.493 e. The SMILES string of the molecule is CCOc1cc(C(O)(c2cccc(C(F)(F)F)c2)C(F)(F)F)ccc1-c1nc([C@@H]2CC[C@H]3CCC(=O)N3C2)n2ccnc(N)c12. The largest absolute Gasteiger partial charge is 0.493 e. The van der Waals surface area contributed by atoms with Gasteiger partial charge in [0.1, 0.15) is 28.6 Å². The van der Waals surface area contributed by atoms with Gasteiger partial charge in [0.25, 0.3) is 0 Å². The number of aromatic nitrogens is 3. The number of carbonyl (C=O) groups is 1. The van der Waals surface area contributed by atoms with Crippen molar-refractivity contribution in [2.45, 2.75) is 62.5 Å². The van der Waals surface area contributed by atoms with Crippen LogP contribution in [0.1, 0.15) is 61.0 Å². The summed E-state index contributed by atoms with van der Waals surface area (Å²) in [6.07, 6.45) is -4.32. The number of alkyl halides is 6. The zero-order valence-corrected chi connectivity index (χ0v) is 24.0. The molecule has 4 heterocycles. The molecule has 8 nitrogen and oxygen atoms in total. The van der Waals surface area contributed by atoms with E-state index < -0.39 is 34.6 Å². The molecule has 2 aromatic heterocycles. The van der Waals surface area contributed by atoms with Crippen LogP contribution in [0, 0.1) is 0 Å². The Morgan fingerprint density at radius 1 is 1.02 bits per heavy atom. The highest BCUT2D eigenvalue weighted by Crippen LogP contribution is 2.48. The van der Waals surface area contributed by atoms with Gasteiger partial charge in [0.2, 0.25) is 11.5 Å². The maximum Gasteiger partial charge on any atom is 0.425 e. The van der Waals surface area contributed by atoms with Crippen LogP contribution >= 0.6 is 0 Å². The van der Waals surface area contributed by atoms with Gasteiger partial charge in [-0.25, -0.2) is 9.97 Å². The molecule has 3 atom stereocenters. The number of piperidine rings is 1. The molecule has 14 heteroatoms. The Bertz CT molecular complexity index is 1770. The van der Waals surface area contributed by atoms with E-state index >= 15 is 0 Å².